The summed E-state index contributed by atoms with van der Waals surface area (Å²) in [5.74, 6) is -1.31. The van der Waals surface area contributed by atoms with Crippen molar-refractivity contribution in [3.63, 3.8) is 0 Å². The van der Waals surface area contributed by atoms with E-state index in [2.05, 4.69) is 10.1 Å². The van der Waals surface area contributed by atoms with Crippen LogP contribution in [0.25, 0.3) is 0 Å². The molecule has 0 saturated carbocycles. The number of hydrogen-bond donors (Lipinski definition) is 1. The van der Waals surface area contributed by atoms with Gasteiger partial charge in [0.15, 0.2) is 0 Å². The van der Waals surface area contributed by atoms with Crippen LogP contribution in [0.3, 0.4) is 0 Å². The van der Waals surface area contributed by atoms with Crippen molar-refractivity contribution in [1.29, 1.82) is 0 Å². The minimum atomic E-state index is -1.15. The maximum absolute atomic E-state index is 10.5. The van der Waals surface area contributed by atoms with Gasteiger partial charge in [-0.15, -0.1) is 5.10 Å². The second kappa shape index (κ2) is 3.45. The number of aromatic nitrogens is 3. The molecule has 7 nitrogen and oxygen atoms in total. The molecule has 15 heavy (non-hydrogen) atoms. The summed E-state index contributed by atoms with van der Waals surface area (Å²) in [6.45, 7) is 0. The van der Waals surface area contributed by atoms with Gasteiger partial charge in [0, 0.05) is 13.1 Å². The van der Waals surface area contributed by atoms with Gasteiger partial charge in [0.25, 0.3) is 5.95 Å². The minimum absolute atomic E-state index is 0.0404. The van der Waals surface area contributed by atoms with Crippen LogP contribution >= 0.6 is 0 Å². The highest BCUT2D eigenvalue weighted by atomic mass is 16.6. The standard InChI is InChI=1S/C8H7N3O4/c1-11-4-9-8(10-11)15-6-3-2-5(14-6)7(12)13/h2-4H,1H3,(H,12,13). The Labute approximate surface area is 83.9 Å². The molecule has 0 bridgehead atoms. The van der Waals surface area contributed by atoms with E-state index in [1.807, 2.05) is 0 Å². The maximum atomic E-state index is 10.5. The molecular weight excluding hydrogens is 202 g/mol. The van der Waals surface area contributed by atoms with Gasteiger partial charge in [-0.1, -0.05) is 0 Å². The predicted octanol–water partition coefficient (Wildman–Crippen LogP) is 0.899. The number of furan rings is 1. The van der Waals surface area contributed by atoms with Gasteiger partial charge >= 0.3 is 12.0 Å². The van der Waals surface area contributed by atoms with E-state index in [9.17, 15) is 4.79 Å². The monoisotopic (exact) mass is 209 g/mol. The molecule has 0 fully saturated rings. The third-order valence-electron chi connectivity index (χ3n) is 1.56. The van der Waals surface area contributed by atoms with E-state index in [1.54, 1.807) is 7.05 Å². The summed E-state index contributed by atoms with van der Waals surface area (Å²) >= 11 is 0. The first-order valence-corrected chi connectivity index (χ1v) is 4.02. The van der Waals surface area contributed by atoms with Crippen LogP contribution in [0, 0.1) is 0 Å². The number of rotatable bonds is 3. The first-order chi connectivity index (χ1) is 7.15. The molecule has 0 amide bonds. The van der Waals surface area contributed by atoms with E-state index in [0.717, 1.165) is 0 Å². The quantitative estimate of drug-likeness (QED) is 0.807. The topological polar surface area (TPSA) is 90.4 Å². The van der Waals surface area contributed by atoms with Crippen LogP contribution < -0.4 is 4.74 Å². The van der Waals surface area contributed by atoms with Crippen molar-refractivity contribution in [3.8, 4) is 12.0 Å². The highest BCUT2D eigenvalue weighted by Gasteiger charge is 2.11. The Bertz CT molecular complexity index is 488. The number of carbonyl (C=O) groups is 1. The predicted molar refractivity (Wildman–Crippen MR) is 46.7 cm³/mol. The van der Waals surface area contributed by atoms with Crippen LogP contribution in [0.2, 0.25) is 0 Å². The summed E-state index contributed by atoms with van der Waals surface area (Å²) in [4.78, 5) is 14.3. The molecule has 7 heteroatoms. The third-order valence-corrected chi connectivity index (χ3v) is 1.56. The van der Waals surface area contributed by atoms with Gasteiger partial charge in [-0.3, -0.25) is 4.68 Å². The van der Waals surface area contributed by atoms with Crippen molar-refractivity contribution in [2.75, 3.05) is 0 Å². The van der Waals surface area contributed by atoms with Crippen molar-refractivity contribution in [2.45, 2.75) is 0 Å². The van der Waals surface area contributed by atoms with E-state index in [0.29, 0.717) is 0 Å². The molecule has 2 heterocycles. The summed E-state index contributed by atoms with van der Waals surface area (Å²) in [7, 11) is 1.69. The fourth-order valence-corrected chi connectivity index (χ4v) is 0.946. The Hall–Kier alpha value is -2.31. The lowest BCUT2D eigenvalue weighted by atomic mass is 10.5. The third kappa shape index (κ3) is 1.96. The normalized spacial score (nSPS) is 10.2. The van der Waals surface area contributed by atoms with Crippen molar-refractivity contribution < 1.29 is 19.1 Å². The van der Waals surface area contributed by atoms with Gasteiger partial charge in [0.1, 0.15) is 6.33 Å². The lowest BCUT2D eigenvalue weighted by molar-refractivity contribution is 0.0656. The molecule has 0 radical (unpaired) electrons. The van der Waals surface area contributed by atoms with Crippen LogP contribution in [0.4, 0.5) is 0 Å². The van der Waals surface area contributed by atoms with E-state index in [1.165, 1.54) is 23.1 Å². The molecule has 0 aliphatic rings. The summed E-state index contributed by atoms with van der Waals surface area (Å²) < 4.78 is 11.4. The van der Waals surface area contributed by atoms with Crippen LogP contribution in [0.1, 0.15) is 10.6 Å². The molecule has 0 aliphatic carbocycles. The summed E-state index contributed by atoms with van der Waals surface area (Å²) in [5, 5.41) is 12.4. The first kappa shape index (κ1) is 9.25. The molecule has 78 valence electrons. The molecule has 0 aromatic carbocycles. The summed E-state index contributed by atoms with van der Waals surface area (Å²) in [5.41, 5.74) is 0. The fraction of sp³-hybridized carbons (Fsp3) is 0.125. The van der Waals surface area contributed by atoms with Gasteiger partial charge in [-0.05, 0) is 6.07 Å². The summed E-state index contributed by atoms with van der Waals surface area (Å²) in [6.07, 6.45) is 1.45. The van der Waals surface area contributed by atoms with Crippen molar-refractivity contribution in [2.24, 2.45) is 7.05 Å². The Morgan fingerprint density at radius 1 is 1.60 bits per heavy atom. The molecular formula is C8H7N3O4. The number of carboxylic acids is 1. The Morgan fingerprint density at radius 2 is 2.40 bits per heavy atom. The Balaban J connectivity index is 2.14. The molecule has 0 aliphatic heterocycles. The molecule has 0 unspecified atom stereocenters. The molecule has 0 spiro atoms. The van der Waals surface area contributed by atoms with Crippen LogP contribution in [0.5, 0.6) is 12.0 Å². The largest absolute Gasteiger partial charge is 0.475 e. The number of hydrogen-bond acceptors (Lipinski definition) is 5. The van der Waals surface area contributed by atoms with Gasteiger partial charge in [-0.25, -0.2) is 4.79 Å². The molecule has 1 N–H and O–H groups in total. The van der Waals surface area contributed by atoms with Crippen LogP contribution in [0.15, 0.2) is 22.9 Å². The van der Waals surface area contributed by atoms with E-state index < -0.39 is 5.97 Å². The molecule has 2 aromatic rings. The average Bonchev–Trinajstić information content (AvgIpc) is 2.76. The van der Waals surface area contributed by atoms with Crippen molar-refractivity contribution in [1.82, 2.24) is 14.8 Å². The van der Waals surface area contributed by atoms with Gasteiger partial charge in [-0.2, -0.15) is 4.98 Å². The molecule has 0 atom stereocenters. The van der Waals surface area contributed by atoms with E-state index in [4.69, 9.17) is 14.3 Å². The average molecular weight is 209 g/mol. The highest BCUT2D eigenvalue weighted by Crippen LogP contribution is 2.20. The van der Waals surface area contributed by atoms with Gasteiger partial charge in [0.2, 0.25) is 5.76 Å². The lowest BCUT2D eigenvalue weighted by Crippen LogP contribution is -1.92. The smallest absolute Gasteiger partial charge is 0.371 e. The Morgan fingerprint density at radius 3 is 2.93 bits per heavy atom. The lowest BCUT2D eigenvalue weighted by Gasteiger charge is -1.93. The van der Waals surface area contributed by atoms with Crippen LogP contribution in [-0.4, -0.2) is 25.8 Å². The molecule has 2 aromatic heterocycles. The second-order valence-electron chi connectivity index (χ2n) is 2.73. The number of carboxylic acid groups (broad SMARTS) is 1. The zero-order valence-electron chi connectivity index (χ0n) is 7.75. The van der Waals surface area contributed by atoms with Crippen molar-refractivity contribution >= 4 is 5.97 Å². The first-order valence-electron chi connectivity index (χ1n) is 4.02. The minimum Gasteiger partial charge on any atom is -0.475 e. The number of aromatic carboxylic acids is 1. The molecule has 0 saturated heterocycles. The number of ether oxygens (including phenoxy) is 1. The fourth-order valence-electron chi connectivity index (χ4n) is 0.946. The summed E-state index contributed by atoms with van der Waals surface area (Å²) in [6, 6.07) is 2.78. The van der Waals surface area contributed by atoms with E-state index in [-0.39, 0.29) is 17.7 Å². The SMILES string of the molecule is Cn1cnc(Oc2ccc(C(=O)O)o2)n1. The van der Waals surface area contributed by atoms with Crippen molar-refractivity contribution in [3.05, 3.63) is 24.2 Å². The van der Waals surface area contributed by atoms with Gasteiger partial charge < -0.3 is 14.3 Å². The molecule has 2 rings (SSSR count). The highest BCUT2D eigenvalue weighted by molar-refractivity contribution is 5.84. The zero-order chi connectivity index (χ0) is 10.8. The maximum Gasteiger partial charge on any atom is 0.371 e. The van der Waals surface area contributed by atoms with Gasteiger partial charge in [0.05, 0.1) is 0 Å². The second-order valence-corrected chi connectivity index (χ2v) is 2.73. The Kier molecular flexibility index (Phi) is 2.13. The number of aryl methyl sites for hydroxylation is 1. The van der Waals surface area contributed by atoms with Crippen LogP contribution in [-0.2, 0) is 7.05 Å². The zero-order valence-corrected chi connectivity index (χ0v) is 7.75. The van der Waals surface area contributed by atoms with E-state index >= 15 is 0 Å². The number of nitrogens with zero attached hydrogens (tertiary/aromatic N) is 3.